The van der Waals surface area contributed by atoms with Crippen LogP contribution >= 0.6 is 0 Å². The Morgan fingerprint density at radius 3 is 2.67 bits per heavy atom. The maximum Gasteiger partial charge on any atom is 0.182 e. The van der Waals surface area contributed by atoms with Gasteiger partial charge in [0.15, 0.2) is 11.5 Å². The summed E-state index contributed by atoms with van der Waals surface area (Å²) in [5.41, 5.74) is 3.73. The van der Waals surface area contributed by atoms with E-state index in [1.54, 1.807) is 12.4 Å². The van der Waals surface area contributed by atoms with Gasteiger partial charge in [0.05, 0.1) is 23.6 Å². The van der Waals surface area contributed by atoms with Crippen molar-refractivity contribution in [1.29, 1.82) is 0 Å². The number of pyridine rings is 1. The van der Waals surface area contributed by atoms with Crippen LogP contribution in [0.25, 0.3) is 33.3 Å². The fourth-order valence-electron chi connectivity index (χ4n) is 3.53. The van der Waals surface area contributed by atoms with Gasteiger partial charge in [0.2, 0.25) is 0 Å². The van der Waals surface area contributed by atoms with Crippen LogP contribution < -0.4 is 5.32 Å². The first-order valence-corrected chi connectivity index (χ1v) is 9.36. The minimum absolute atomic E-state index is 0.258. The smallest absolute Gasteiger partial charge is 0.182 e. The largest absolute Gasteiger partial charge is 0.362 e. The molecule has 0 amide bonds. The third-order valence-corrected chi connectivity index (χ3v) is 4.97. The first-order valence-electron chi connectivity index (χ1n) is 9.36. The molecule has 2 aromatic carbocycles. The number of halogens is 2. The van der Waals surface area contributed by atoms with Gasteiger partial charge in [-0.15, -0.1) is 0 Å². The fourth-order valence-corrected chi connectivity index (χ4v) is 3.53. The number of benzene rings is 2. The maximum absolute atomic E-state index is 14.5. The minimum atomic E-state index is -0.659. The summed E-state index contributed by atoms with van der Waals surface area (Å²) in [6.45, 7) is 1.93. The average Bonchev–Trinajstić information content (AvgIpc) is 3.23. The Hall–Kier alpha value is -3.94. The van der Waals surface area contributed by atoms with Crippen molar-refractivity contribution >= 4 is 27.9 Å². The number of imidazole rings is 1. The summed E-state index contributed by atoms with van der Waals surface area (Å²) in [5.74, 6) is -0.736. The van der Waals surface area contributed by atoms with Crippen LogP contribution in [0.3, 0.4) is 0 Å². The number of nitrogens with zero attached hydrogens (tertiary/aromatic N) is 4. The molecule has 8 heteroatoms. The van der Waals surface area contributed by atoms with Gasteiger partial charge < -0.3 is 10.3 Å². The molecule has 3 heterocycles. The molecule has 6 nitrogen and oxygen atoms in total. The van der Waals surface area contributed by atoms with Crippen molar-refractivity contribution in [3.8, 4) is 11.3 Å². The first-order chi connectivity index (χ1) is 14.6. The van der Waals surface area contributed by atoms with Crippen molar-refractivity contribution in [2.75, 3.05) is 5.32 Å². The van der Waals surface area contributed by atoms with Gasteiger partial charge >= 0.3 is 0 Å². The SMILES string of the molecule is C[C@H](Nc1ncnc2nc[nH]c12)c1cc2c(F)cc(F)cc2nc1-c1ccccc1. The highest BCUT2D eigenvalue weighted by Crippen LogP contribution is 2.33. The first kappa shape index (κ1) is 18.1. The Morgan fingerprint density at radius 2 is 1.83 bits per heavy atom. The van der Waals surface area contributed by atoms with Crippen LogP contribution in [-0.2, 0) is 0 Å². The highest BCUT2D eigenvalue weighted by Gasteiger charge is 2.19. The van der Waals surface area contributed by atoms with Gasteiger partial charge in [-0.2, -0.15) is 0 Å². The van der Waals surface area contributed by atoms with Crippen LogP contribution in [0.4, 0.5) is 14.6 Å². The molecule has 0 aliphatic heterocycles. The number of rotatable bonds is 4. The summed E-state index contributed by atoms with van der Waals surface area (Å²) < 4.78 is 28.3. The van der Waals surface area contributed by atoms with Crippen molar-refractivity contribution in [3.05, 3.63) is 78.4 Å². The molecule has 5 aromatic rings. The minimum Gasteiger partial charge on any atom is -0.362 e. The van der Waals surface area contributed by atoms with Crippen LogP contribution in [0, 0.1) is 11.6 Å². The molecule has 0 aliphatic carbocycles. The number of aromatic amines is 1. The predicted octanol–water partition coefficient (Wildman–Crippen LogP) is 5.02. The second-order valence-corrected chi connectivity index (χ2v) is 6.94. The van der Waals surface area contributed by atoms with E-state index in [1.165, 1.54) is 12.4 Å². The van der Waals surface area contributed by atoms with Crippen molar-refractivity contribution < 1.29 is 8.78 Å². The monoisotopic (exact) mass is 402 g/mol. The Morgan fingerprint density at radius 1 is 1.00 bits per heavy atom. The van der Waals surface area contributed by atoms with Crippen LogP contribution in [0.5, 0.6) is 0 Å². The molecular formula is C22H16F2N6. The van der Waals surface area contributed by atoms with Gasteiger partial charge in [-0.25, -0.2) is 28.7 Å². The lowest BCUT2D eigenvalue weighted by molar-refractivity contribution is 0.591. The van der Waals surface area contributed by atoms with Crippen LogP contribution in [0.2, 0.25) is 0 Å². The Labute approximate surface area is 170 Å². The summed E-state index contributed by atoms with van der Waals surface area (Å²) in [5, 5.41) is 3.59. The molecule has 0 bridgehead atoms. The predicted molar refractivity (Wildman–Crippen MR) is 111 cm³/mol. The number of anilines is 1. The normalized spacial score (nSPS) is 12.4. The van der Waals surface area contributed by atoms with E-state index < -0.39 is 11.6 Å². The third kappa shape index (κ3) is 3.12. The zero-order valence-corrected chi connectivity index (χ0v) is 15.9. The van der Waals surface area contributed by atoms with Gasteiger partial charge in [-0.3, -0.25) is 0 Å². The maximum atomic E-state index is 14.5. The summed E-state index contributed by atoms with van der Waals surface area (Å²) in [6.07, 6.45) is 2.98. The van der Waals surface area contributed by atoms with Crippen LogP contribution in [0.15, 0.2) is 61.2 Å². The van der Waals surface area contributed by atoms with E-state index in [1.807, 2.05) is 37.3 Å². The van der Waals surface area contributed by atoms with E-state index >= 15 is 0 Å². The molecule has 0 saturated carbocycles. The lowest BCUT2D eigenvalue weighted by Crippen LogP contribution is -2.11. The molecule has 0 fully saturated rings. The Kier molecular flexibility index (Phi) is 4.31. The molecule has 0 saturated heterocycles. The number of nitrogens with one attached hydrogen (secondary N) is 2. The molecule has 3 aromatic heterocycles. The van der Waals surface area contributed by atoms with Crippen LogP contribution in [0.1, 0.15) is 18.5 Å². The summed E-state index contributed by atoms with van der Waals surface area (Å²) in [4.78, 5) is 20.2. The standard InChI is InChI=1S/C22H16F2N6/c1-12(29-22-20-21(26-10-25-20)27-11-28-22)15-9-16-17(24)7-14(23)8-18(16)30-19(15)13-5-3-2-4-6-13/h2-12H,1H3,(H2,25,26,27,28,29)/t12-/m0/s1. The van der Waals surface area contributed by atoms with Crippen molar-refractivity contribution in [2.45, 2.75) is 13.0 Å². The highest BCUT2D eigenvalue weighted by molar-refractivity contribution is 5.85. The lowest BCUT2D eigenvalue weighted by Gasteiger charge is -2.19. The Bertz CT molecular complexity index is 1370. The molecule has 0 aliphatic rings. The zero-order chi connectivity index (χ0) is 20.7. The quantitative estimate of drug-likeness (QED) is 0.441. The van der Waals surface area contributed by atoms with Crippen molar-refractivity contribution in [3.63, 3.8) is 0 Å². The molecule has 1 atom stereocenters. The Balaban J connectivity index is 1.67. The molecule has 2 N–H and O–H groups in total. The van der Waals surface area contributed by atoms with E-state index in [0.717, 1.165) is 17.2 Å². The number of hydrogen-bond acceptors (Lipinski definition) is 5. The average molecular weight is 402 g/mol. The molecule has 0 unspecified atom stereocenters. The second-order valence-electron chi connectivity index (χ2n) is 6.94. The highest BCUT2D eigenvalue weighted by atomic mass is 19.1. The molecular weight excluding hydrogens is 386 g/mol. The van der Waals surface area contributed by atoms with Gasteiger partial charge in [0.25, 0.3) is 0 Å². The van der Waals surface area contributed by atoms with Gasteiger partial charge in [0.1, 0.15) is 23.5 Å². The fraction of sp³-hybridized carbons (Fsp3) is 0.0909. The topological polar surface area (TPSA) is 79.4 Å². The van der Waals surface area contributed by atoms with Gasteiger partial charge in [-0.05, 0) is 13.0 Å². The summed E-state index contributed by atoms with van der Waals surface area (Å²) in [7, 11) is 0. The van der Waals surface area contributed by atoms with Gasteiger partial charge in [0, 0.05) is 28.6 Å². The lowest BCUT2D eigenvalue weighted by atomic mass is 9.98. The number of fused-ring (bicyclic) bond motifs is 2. The third-order valence-electron chi connectivity index (χ3n) is 4.97. The molecule has 5 rings (SSSR count). The van der Waals surface area contributed by atoms with Gasteiger partial charge in [-0.1, -0.05) is 30.3 Å². The van der Waals surface area contributed by atoms with E-state index in [0.29, 0.717) is 22.7 Å². The molecule has 30 heavy (non-hydrogen) atoms. The number of hydrogen-bond donors (Lipinski definition) is 2. The summed E-state index contributed by atoms with van der Waals surface area (Å²) in [6, 6.07) is 13.1. The second kappa shape index (κ2) is 7.14. The van der Waals surface area contributed by atoms with E-state index in [4.69, 9.17) is 0 Å². The molecule has 0 spiro atoms. The number of aromatic nitrogens is 5. The summed E-state index contributed by atoms with van der Waals surface area (Å²) >= 11 is 0. The molecule has 148 valence electrons. The van der Waals surface area contributed by atoms with Crippen molar-refractivity contribution in [1.82, 2.24) is 24.9 Å². The molecule has 0 radical (unpaired) electrons. The van der Waals surface area contributed by atoms with E-state index in [-0.39, 0.29) is 16.9 Å². The zero-order valence-electron chi connectivity index (χ0n) is 15.9. The van der Waals surface area contributed by atoms with Crippen molar-refractivity contribution in [2.24, 2.45) is 0 Å². The van der Waals surface area contributed by atoms with Crippen LogP contribution in [-0.4, -0.2) is 24.9 Å². The van der Waals surface area contributed by atoms with E-state index in [9.17, 15) is 8.78 Å². The van der Waals surface area contributed by atoms with E-state index in [2.05, 4.69) is 30.2 Å². The number of H-pyrrole nitrogens is 1.